The molecule has 0 bridgehead atoms. The predicted octanol–water partition coefficient (Wildman–Crippen LogP) is 1.41. The van der Waals surface area contributed by atoms with E-state index in [1.165, 1.54) is 25.6 Å². The Hall–Kier alpha value is -2.72. The lowest BCUT2D eigenvalue weighted by Crippen LogP contribution is -2.27. The summed E-state index contributed by atoms with van der Waals surface area (Å²) in [6.45, 7) is 2.54. The fourth-order valence-electron chi connectivity index (χ4n) is 3.35. The van der Waals surface area contributed by atoms with Gasteiger partial charge in [-0.25, -0.2) is 27.8 Å². The Morgan fingerprint density at radius 2 is 1.89 bits per heavy atom. The number of anilines is 1. The predicted molar refractivity (Wildman–Crippen MR) is 105 cm³/mol. The third-order valence-electron chi connectivity index (χ3n) is 4.80. The molecule has 2 aromatic heterocycles. The first-order chi connectivity index (χ1) is 13.6. The fraction of sp³-hybridized carbons (Fsp3) is 0.389. The van der Waals surface area contributed by atoms with Crippen molar-refractivity contribution in [2.45, 2.75) is 24.3 Å². The molecule has 28 heavy (non-hydrogen) atoms. The zero-order valence-corrected chi connectivity index (χ0v) is 16.4. The van der Waals surface area contributed by atoms with E-state index in [4.69, 9.17) is 4.74 Å². The van der Waals surface area contributed by atoms with E-state index in [1.807, 2.05) is 0 Å². The van der Waals surface area contributed by atoms with Crippen LogP contribution in [0.3, 0.4) is 0 Å². The molecular weight excluding hydrogens is 380 g/mol. The normalized spacial score (nSPS) is 14.7. The van der Waals surface area contributed by atoms with Gasteiger partial charge in [-0.1, -0.05) is 0 Å². The fourth-order valence-corrected chi connectivity index (χ4v) is 4.37. The Morgan fingerprint density at radius 1 is 1.14 bits per heavy atom. The molecule has 0 spiro atoms. The number of nitrogens with one attached hydrogen (secondary N) is 1. The number of hydrogen-bond donors (Lipinski definition) is 1. The summed E-state index contributed by atoms with van der Waals surface area (Å²) in [5.41, 5.74) is 0.709. The van der Waals surface area contributed by atoms with Crippen molar-refractivity contribution in [3.8, 4) is 5.75 Å². The Kier molecular flexibility index (Phi) is 5.14. The van der Waals surface area contributed by atoms with Crippen molar-refractivity contribution < 1.29 is 13.2 Å². The monoisotopic (exact) mass is 402 g/mol. The second kappa shape index (κ2) is 7.72. The number of nitrogens with zero attached hydrogens (tertiary/aromatic N) is 5. The van der Waals surface area contributed by atoms with Crippen LogP contribution in [-0.2, 0) is 16.6 Å². The lowest BCUT2D eigenvalue weighted by molar-refractivity contribution is 0.414. The maximum Gasteiger partial charge on any atom is 0.240 e. The molecule has 9 nitrogen and oxygen atoms in total. The average molecular weight is 402 g/mol. The molecule has 1 aliphatic heterocycles. The van der Waals surface area contributed by atoms with Crippen LogP contribution in [0.25, 0.3) is 11.0 Å². The maximum absolute atomic E-state index is 12.4. The van der Waals surface area contributed by atoms with E-state index in [0.717, 1.165) is 37.1 Å². The average Bonchev–Trinajstić information content (AvgIpc) is 3.38. The summed E-state index contributed by atoms with van der Waals surface area (Å²) in [5.74, 6) is 1.50. The maximum atomic E-state index is 12.4. The summed E-state index contributed by atoms with van der Waals surface area (Å²) >= 11 is 0. The largest absolute Gasteiger partial charge is 0.497 e. The lowest BCUT2D eigenvalue weighted by Gasteiger charge is -2.16. The summed E-state index contributed by atoms with van der Waals surface area (Å²) in [6, 6.07) is 6.26. The minimum atomic E-state index is -3.60. The minimum Gasteiger partial charge on any atom is -0.497 e. The van der Waals surface area contributed by atoms with Gasteiger partial charge < -0.3 is 9.64 Å². The second-order valence-corrected chi connectivity index (χ2v) is 8.34. The highest BCUT2D eigenvalue weighted by Crippen LogP contribution is 2.25. The van der Waals surface area contributed by atoms with Crippen molar-refractivity contribution in [2.24, 2.45) is 0 Å². The van der Waals surface area contributed by atoms with Gasteiger partial charge in [-0.05, 0) is 37.1 Å². The molecule has 0 saturated carbocycles. The molecule has 1 fully saturated rings. The van der Waals surface area contributed by atoms with Crippen LogP contribution in [0.2, 0.25) is 0 Å². The van der Waals surface area contributed by atoms with E-state index in [0.29, 0.717) is 17.9 Å². The van der Waals surface area contributed by atoms with Crippen LogP contribution in [0.4, 0.5) is 5.82 Å². The third kappa shape index (κ3) is 3.65. The van der Waals surface area contributed by atoms with E-state index in [2.05, 4.69) is 24.7 Å². The van der Waals surface area contributed by atoms with Crippen molar-refractivity contribution in [3.63, 3.8) is 0 Å². The minimum absolute atomic E-state index is 0.192. The highest BCUT2D eigenvalue weighted by Gasteiger charge is 2.19. The highest BCUT2D eigenvalue weighted by molar-refractivity contribution is 7.89. The zero-order valence-electron chi connectivity index (χ0n) is 15.6. The van der Waals surface area contributed by atoms with Gasteiger partial charge in [0.2, 0.25) is 10.0 Å². The first kappa shape index (κ1) is 18.6. The van der Waals surface area contributed by atoms with Gasteiger partial charge in [0, 0.05) is 19.6 Å². The summed E-state index contributed by atoms with van der Waals surface area (Å²) in [5, 5.41) is 5.27. The summed E-state index contributed by atoms with van der Waals surface area (Å²) in [4.78, 5) is 11.2. The van der Waals surface area contributed by atoms with Crippen molar-refractivity contribution >= 4 is 26.9 Å². The summed E-state index contributed by atoms with van der Waals surface area (Å²) < 4.78 is 34.2. The Bertz CT molecular complexity index is 1060. The SMILES string of the molecule is COc1ccc(S(=O)(=O)NCCn2ncc3c(N4CCCC4)ncnc32)cc1. The molecule has 148 valence electrons. The van der Waals surface area contributed by atoms with Gasteiger partial charge >= 0.3 is 0 Å². The molecule has 3 aromatic rings. The molecule has 1 saturated heterocycles. The molecule has 0 radical (unpaired) electrons. The molecule has 0 amide bonds. The van der Waals surface area contributed by atoms with E-state index >= 15 is 0 Å². The second-order valence-electron chi connectivity index (χ2n) is 6.57. The van der Waals surface area contributed by atoms with E-state index in [9.17, 15) is 8.42 Å². The Labute approximate surface area is 163 Å². The van der Waals surface area contributed by atoms with E-state index < -0.39 is 10.0 Å². The van der Waals surface area contributed by atoms with Gasteiger partial charge in [-0.2, -0.15) is 5.10 Å². The molecule has 0 unspecified atom stereocenters. The molecule has 1 aliphatic rings. The first-order valence-corrected chi connectivity index (χ1v) is 10.6. The van der Waals surface area contributed by atoms with Crippen LogP contribution in [-0.4, -0.2) is 54.9 Å². The lowest BCUT2D eigenvalue weighted by atomic mass is 10.3. The number of benzene rings is 1. The van der Waals surface area contributed by atoms with Crippen molar-refractivity contribution in [1.29, 1.82) is 0 Å². The topological polar surface area (TPSA) is 102 Å². The number of sulfonamides is 1. The standard InChI is InChI=1S/C18H22N6O3S/c1-27-14-4-6-15(7-5-14)28(25,26)22-8-11-24-18-16(12-21-24)17(19-13-20-18)23-9-2-3-10-23/h4-7,12-13,22H,2-3,8-11H2,1H3. The number of hydrogen-bond acceptors (Lipinski definition) is 7. The van der Waals surface area contributed by atoms with Crippen LogP contribution in [0.15, 0.2) is 41.7 Å². The molecular formula is C18H22N6O3S. The molecule has 0 aliphatic carbocycles. The van der Waals surface area contributed by atoms with Crippen LogP contribution in [0.5, 0.6) is 5.75 Å². The molecule has 3 heterocycles. The van der Waals surface area contributed by atoms with Crippen LogP contribution < -0.4 is 14.4 Å². The van der Waals surface area contributed by atoms with E-state index in [1.54, 1.807) is 23.0 Å². The summed E-state index contributed by atoms with van der Waals surface area (Å²) in [7, 11) is -2.06. The van der Waals surface area contributed by atoms with Gasteiger partial charge in [-0.3, -0.25) is 0 Å². The zero-order chi connectivity index (χ0) is 19.6. The molecule has 1 N–H and O–H groups in total. The number of ether oxygens (including phenoxy) is 1. The Morgan fingerprint density at radius 3 is 2.61 bits per heavy atom. The number of methoxy groups -OCH3 is 1. The number of aromatic nitrogens is 4. The van der Waals surface area contributed by atoms with Gasteiger partial charge in [0.15, 0.2) is 5.65 Å². The van der Waals surface area contributed by atoms with Gasteiger partial charge in [0.1, 0.15) is 17.9 Å². The molecule has 0 atom stereocenters. The van der Waals surface area contributed by atoms with Crippen molar-refractivity contribution in [1.82, 2.24) is 24.5 Å². The molecule has 4 rings (SSSR count). The van der Waals surface area contributed by atoms with Crippen molar-refractivity contribution in [3.05, 3.63) is 36.8 Å². The van der Waals surface area contributed by atoms with E-state index in [-0.39, 0.29) is 11.4 Å². The molecule has 1 aromatic carbocycles. The van der Waals surface area contributed by atoms with Crippen molar-refractivity contribution in [2.75, 3.05) is 31.6 Å². The smallest absolute Gasteiger partial charge is 0.240 e. The highest BCUT2D eigenvalue weighted by atomic mass is 32.2. The Balaban J connectivity index is 1.46. The van der Waals surface area contributed by atoms with Gasteiger partial charge in [0.05, 0.1) is 30.1 Å². The first-order valence-electron chi connectivity index (χ1n) is 9.14. The molecule has 10 heteroatoms. The number of fused-ring (bicyclic) bond motifs is 1. The number of rotatable bonds is 7. The van der Waals surface area contributed by atoms with Crippen LogP contribution in [0.1, 0.15) is 12.8 Å². The van der Waals surface area contributed by atoms with Crippen LogP contribution in [0, 0.1) is 0 Å². The quantitative estimate of drug-likeness (QED) is 0.637. The van der Waals surface area contributed by atoms with Gasteiger partial charge in [0.25, 0.3) is 0 Å². The van der Waals surface area contributed by atoms with Crippen LogP contribution >= 0.6 is 0 Å². The summed E-state index contributed by atoms with van der Waals surface area (Å²) in [6.07, 6.45) is 5.61. The third-order valence-corrected chi connectivity index (χ3v) is 6.28. The van der Waals surface area contributed by atoms with Gasteiger partial charge in [-0.15, -0.1) is 0 Å².